The summed E-state index contributed by atoms with van der Waals surface area (Å²) in [6.07, 6.45) is 4.22. The fourth-order valence-electron chi connectivity index (χ4n) is 3.01. The van der Waals surface area contributed by atoms with Gasteiger partial charge in [0.15, 0.2) is 0 Å². The third-order valence-corrected chi connectivity index (χ3v) is 4.48. The predicted molar refractivity (Wildman–Crippen MR) is 102 cm³/mol. The molecule has 2 aromatic heterocycles. The summed E-state index contributed by atoms with van der Waals surface area (Å²) in [5.74, 6) is -0.269. The smallest absolute Gasteiger partial charge is 0.226 e. The van der Waals surface area contributed by atoms with Crippen molar-refractivity contribution in [3.63, 3.8) is 0 Å². The standard InChI is InChI=1S/C21H24FN3O/c1-4-5-10-23-20(26)12-18-21(16-7-8-17(22)15(3)11-16)24-19-9-6-14(2)13-25(18)19/h6-9,11,13H,4-5,10,12H2,1-3H3,(H,23,26). The van der Waals surface area contributed by atoms with E-state index in [1.807, 2.05) is 29.7 Å². The lowest BCUT2D eigenvalue weighted by Crippen LogP contribution is -2.26. The van der Waals surface area contributed by atoms with Crippen LogP contribution in [0.25, 0.3) is 16.9 Å². The van der Waals surface area contributed by atoms with Gasteiger partial charge < -0.3 is 9.72 Å². The number of unbranched alkanes of at least 4 members (excludes halogenated alkanes) is 1. The number of pyridine rings is 1. The minimum Gasteiger partial charge on any atom is -0.356 e. The molecule has 4 nitrogen and oxygen atoms in total. The molecule has 3 aromatic rings. The summed E-state index contributed by atoms with van der Waals surface area (Å²) >= 11 is 0. The summed E-state index contributed by atoms with van der Waals surface area (Å²) in [6.45, 7) is 6.51. The Bertz CT molecular complexity index is 946. The normalized spacial score (nSPS) is 11.1. The van der Waals surface area contributed by atoms with Gasteiger partial charge in [-0.2, -0.15) is 0 Å². The van der Waals surface area contributed by atoms with E-state index in [0.29, 0.717) is 12.1 Å². The van der Waals surface area contributed by atoms with Gasteiger partial charge in [0.25, 0.3) is 0 Å². The van der Waals surface area contributed by atoms with E-state index in [1.165, 1.54) is 6.07 Å². The Balaban J connectivity index is 2.04. The zero-order valence-corrected chi connectivity index (χ0v) is 15.5. The first-order valence-corrected chi connectivity index (χ1v) is 9.00. The van der Waals surface area contributed by atoms with Crippen LogP contribution >= 0.6 is 0 Å². The number of hydrogen-bond donors (Lipinski definition) is 1. The number of nitrogens with zero attached hydrogens (tertiary/aromatic N) is 2. The van der Waals surface area contributed by atoms with Gasteiger partial charge in [0.2, 0.25) is 5.91 Å². The van der Waals surface area contributed by atoms with Gasteiger partial charge in [0, 0.05) is 18.3 Å². The number of hydrogen-bond acceptors (Lipinski definition) is 2. The van der Waals surface area contributed by atoms with E-state index in [4.69, 9.17) is 4.98 Å². The molecule has 26 heavy (non-hydrogen) atoms. The summed E-state index contributed by atoms with van der Waals surface area (Å²) in [5, 5.41) is 2.96. The van der Waals surface area contributed by atoms with Crippen molar-refractivity contribution in [3.05, 3.63) is 59.2 Å². The van der Waals surface area contributed by atoms with Crippen LogP contribution in [0.15, 0.2) is 36.5 Å². The van der Waals surface area contributed by atoms with E-state index in [0.717, 1.165) is 41.0 Å². The molecule has 1 aromatic carbocycles. The molecule has 5 heteroatoms. The number of fused-ring (bicyclic) bond motifs is 1. The van der Waals surface area contributed by atoms with Crippen molar-refractivity contribution in [2.75, 3.05) is 6.54 Å². The number of imidazole rings is 1. The molecule has 0 saturated heterocycles. The molecule has 1 amide bonds. The summed E-state index contributed by atoms with van der Waals surface area (Å²) in [7, 11) is 0. The van der Waals surface area contributed by atoms with Crippen molar-refractivity contribution in [1.82, 2.24) is 14.7 Å². The highest BCUT2D eigenvalue weighted by Crippen LogP contribution is 2.27. The predicted octanol–water partition coefficient (Wildman–Crippen LogP) is 4.22. The molecule has 0 aliphatic carbocycles. The number of amides is 1. The van der Waals surface area contributed by atoms with Crippen LogP contribution < -0.4 is 5.32 Å². The highest BCUT2D eigenvalue weighted by atomic mass is 19.1. The maximum atomic E-state index is 13.7. The number of nitrogens with one attached hydrogen (secondary N) is 1. The molecule has 0 bridgehead atoms. The molecule has 0 aliphatic heterocycles. The van der Waals surface area contributed by atoms with Crippen LogP contribution in [0.5, 0.6) is 0 Å². The quantitative estimate of drug-likeness (QED) is 0.675. The third-order valence-electron chi connectivity index (χ3n) is 4.48. The molecular weight excluding hydrogens is 329 g/mol. The molecule has 0 unspecified atom stereocenters. The first-order valence-electron chi connectivity index (χ1n) is 9.00. The molecule has 136 valence electrons. The topological polar surface area (TPSA) is 46.4 Å². The van der Waals surface area contributed by atoms with Gasteiger partial charge in [0.05, 0.1) is 17.8 Å². The van der Waals surface area contributed by atoms with Crippen molar-refractivity contribution in [1.29, 1.82) is 0 Å². The molecule has 3 rings (SSSR count). The SMILES string of the molecule is CCCCNC(=O)Cc1c(-c2ccc(F)c(C)c2)nc2ccc(C)cn12. The maximum absolute atomic E-state index is 13.7. The van der Waals surface area contributed by atoms with Gasteiger partial charge in [-0.05, 0) is 55.7 Å². The van der Waals surface area contributed by atoms with Gasteiger partial charge in [0.1, 0.15) is 11.5 Å². The average molecular weight is 353 g/mol. The molecule has 0 spiro atoms. The van der Waals surface area contributed by atoms with Gasteiger partial charge in [-0.15, -0.1) is 0 Å². The second-order valence-electron chi connectivity index (χ2n) is 6.69. The third kappa shape index (κ3) is 3.77. The van der Waals surface area contributed by atoms with Crippen LogP contribution in [0, 0.1) is 19.7 Å². The Hall–Kier alpha value is -2.69. The molecule has 0 aliphatic rings. The van der Waals surface area contributed by atoms with Crippen LogP contribution in [0.4, 0.5) is 4.39 Å². The lowest BCUT2D eigenvalue weighted by atomic mass is 10.1. The van der Waals surface area contributed by atoms with Crippen molar-refractivity contribution in [2.45, 2.75) is 40.0 Å². The lowest BCUT2D eigenvalue weighted by molar-refractivity contribution is -0.120. The van der Waals surface area contributed by atoms with Crippen LogP contribution in [0.2, 0.25) is 0 Å². The summed E-state index contributed by atoms with van der Waals surface area (Å²) in [4.78, 5) is 17.1. The Kier molecular flexibility index (Phi) is 5.35. The number of carbonyl (C=O) groups is 1. The van der Waals surface area contributed by atoms with Crippen LogP contribution in [-0.4, -0.2) is 21.8 Å². The Morgan fingerprint density at radius 3 is 2.77 bits per heavy atom. The van der Waals surface area contributed by atoms with Crippen molar-refractivity contribution in [3.8, 4) is 11.3 Å². The molecule has 2 heterocycles. The molecule has 0 fully saturated rings. The van der Waals surface area contributed by atoms with E-state index in [2.05, 4.69) is 12.2 Å². The average Bonchev–Trinajstić information content (AvgIpc) is 2.95. The number of rotatable bonds is 6. The highest BCUT2D eigenvalue weighted by molar-refractivity contribution is 5.81. The van der Waals surface area contributed by atoms with Crippen molar-refractivity contribution >= 4 is 11.6 Å². The maximum Gasteiger partial charge on any atom is 0.226 e. The molecule has 0 saturated carbocycles. The van der Waals surface area contributed by atoms with E-state index in [1.54, 1.807) is 19.1 Å². The number of carbonyl (C=O) groups excluding carboxylic acids is 1. The van der Waals surface area contributed by atoms with Gasteiger partial charge in [-0.3, -0.25) is 4.79 Å². The number of aromatic nitrogens is 2. The monoisotopic (exact) mass is 353 g/mol. The second kappa shape index (κ2) is 7.68. The fourth-order valence-corrected chi connectivity index (χ4v) is 3.01. The first-order chi connectivity index (χ1) is 12.5. The van der Waals surface area contributed by atoms with Crippen LogP contribution in [0.3, 0.4) is 0 Å². The summed E-state index contributed by atoms with van der Waals surface area (Å²) in [5.41, 5.74) is 4.80. The Morgan fingerprint density at radius 1 is 1.23 bits per heavy atom. The van der Waals surface area contributed by atoms with E-state index in [9.17, 15) is 9.18 Å². The van der Waals surface area contributed by atoms with E-state index in [-0.39, 0.29) is 18.1 Å². The number of halogens is 1. The lowest BCUT2D eigenvalue weighted by Gasteiger charge is -2.08. The summed E-state index contributed by atoms with van der Waals surface area (Å²) in [6, 6.07) is 8.88. The molecule has 1 N–H and O–H groups in total. The van der Waals surface area contributed by atoms with E-state index < -0.39 is 0 Å². The van der Waals surface area contributed by atoms with Crippen molar-refractivity contribution in [2.24, 2.45) is 0 Å². The van der Waals surface area contributed by atoms with Gasteiger partial charge >= 0.3 is 0 Å². The van der Waals surface area contributed by atoms with Crippen LogP contribution in [-0.2, 0) is 11.2 Å². The minimum atomic E-state index is -0.243. The molecule has 0 atom stereocenters. The second-order valence-corrected chi connectivity index (χ2v) is 6.69. The zero-order chi connectivity index (χ0) is 18.7. The Morgan fingerprint density at radius 2 is 2.04 bits per heavy atom. The molecular formula is C21H24FN3O. The van der Waals surface area contributed by atoms with E-state index >= 15 is 0 Å². The van der Waals surface area contributed by atoms with Crippen molar-refractivity contribution < 1.29 is 9.18 Å². The first kappa shape index (κ1) is 18.1. The summed E-state index contributed by atoms with van der Waals surface area (Å²) < 4.78 is 15.6. The molecule has 0 radical (unpaired) electrons. The Labute approximate surface area is 153 Å². The van der Waals surface area contributed by atoms with Crippen LogP contribution in [0.1, 0.15) is 36.6 Å². The number of benzene rings is 1. The highest BCUT2D eigenvalue weighted by Gasteiger charge is 2.17. The zero-order valence-electron chi connectivity index (χ0n) is 15.5. The minimum absolute atomic E-state index is 0.0261. The fraction of sp³-hybridized carbons (Fsp3) is 0.333. The number of aryl methyl sites for hydroxylation is 2. The van der Waals surface area contributed by atoms with Gasteiger partial charge in [-0.1, -0.05) is 19.4 Å². The van der Waals surface area contributed by atoms with Gasteiger partial charge in [-0.25, -0.2) is 9.37 Å². The largest absolute Gasteiger partial charge is 0.356 e.